The second-order valence-electron chi connectivity index (χ2n) is 6.65. The highest BCUT2D eigenvalue weighted by atomic mass is 16.4. The third-order valence-electron chi connectivity index (χ3n) is 4.62. The van der Waals surface area contributed by atoms with Crippen molar-refractivity contribution >= 4 is 12.0 Å². The van der Waals surface area contributed by atoms with Crippen molar-refractivity contribution < 1.29 is 14.7 Å². The Morgan fingerprint density at radius 3 is 2.76 bits per heavy atom. The smallest absolute Gasteiger partial charge is 0.317 e. The number of rotatable bonds is 5. The summed E-state index contributed by atoms with van der Waals surface area (Å²) in [6.45, 7) is 2.89. The Morgan fingerprint density at radius 1 is 1.32 bits per heavy atom. The molecule has 7 nitrogen and oxygen atoms in total. The molecule has 2 N–H and O–H groups in total. The fraction of sp³-hybridized carbons (Fsp3) is 0.389. The van der Waals surface area contributed by atoms with Crippen molar-refractivity contribution in [2.24, 2.45) is 5.41 Å². The number of amides is 2. The van der Waals surface area contributed by atoms with Crippen molar-refractivity contribution in [2.45, 2.75) is 19.8 Å². The zero-order valence-electron chi connectivity index (χ0n) is 14.2. The number of para-hydroxylation sites is 1. The first kappa shape index (κ1) is 17.0. The fourth-order valence-corrected chi connectivity index (χ4v) is 2.95. The summed E-state index contributed by atoms with van der Waals surface area (Å²) in [5.41, 5.74) is 1.18. The van der Waals surface area contributed by atoms with Crippen LogP contribution in [0.25, 0.3) is 5.69 Å². The Hall–Kier alpha value is -2.83. The molecule has 2 heterocycles. The molecule has 0 aliphatic carbocycles. The first-order valence-corrected chi connectivity index (χ1v) is 8.33. The van der Waals surface area contributed by atoms with Gasteiger partial charge in [0.1, 0.15) is 0 Å². The van der Waals surface area contributed by atoms with Gasteiger partial charge in [-0.1, -0.05) is 18.2 Å². The first-order chi connectivity index (χ1) is 12.0. The lowest BCUT2D eigenvalue weighted by atomic mass is 9.90. The molecule has 1 unspecified atom stereocenters. The van der Waals surface area contributed by atoms with Gasteiger partial charge in [-0.2, -0.15) is 5.10 Å². The maximum absolute atomic E-state index is 12.2. The van der Waals surface area contributed by atoms with E-state index in [9.17, 15) is 14.7 Å². The van der Waals surface area contributed by atoms with E-state index in [0.29, 0.717) is 25.9 Å². The molecule has 132 valence electrons. The van der Waals surface area contributed by atoms with Crippen molar-refractivity contribution in [1.29, 1.82) is 0 Å². The van der Waals surface area contributed by atoms with Crippen LogP contribution in [-0.2, 0) is 11.2 Å². The van der Waals surface area contributed by atoms with Gasteiger partial charge in [0.2, 0.25) is 0 Å². The average molecular weight is 342 g/mol. The van der Waals surface area contributed by atoms with Gasteiger partial charge in [0, 0.05) is 25.8 Å². The summed E-state index contributed by atoms with van der Waals surface area (Å²) in [6.07, 6.45) is 4.89. The van der Waals surface area contributed by atoms with Gasteiger partial charge in [-0.25, -0.2) is 9.48 Å². The summed E-state index contributed by atoms with van der Waals surface area (Å²) in [5, 5.41) is 16.4. The van der Waals surface area contributed by atoms with Crippen LogP contribution in [-0.4, -0.2) is 51.4 Å². The van der Waals surface area contributed by atoms with E-state index < -0.39 is 11.4 Å². The molecule has 1 fully saturated rings. The van der Waals surface area contributed by atoms with Crippen LogP contribution in [0.2, 0.25) is 0 Å². The zero-order chi connectivity index (χ0) is 17.9. The molecule has 1 aliphatic heterocycles. The summed E-state index contributed by atoms with van der Waals surface area (Å²) >= 11 is 0. The van der Waals surface area contributed by atoms with Crippen molar-refractivity contribution in [3.05, 3.63) is 48.3 Å². The lowest BCUT2D eigenvalue weighted by Gasteiger charge is -2.20. The minimum atomic E-state index is -0.851. The number of carboxylic acids is 1. The van der Waals surface area contributed by atoms with Crippen LogP contribution in [0.3, 0.4) is 0 Å². The van der Waals surface area contributed by atoms with Crippen LogP contribution in [0.1, 0.15) is 18.9 Å². The number of carbonyl (C=O) groups excluding carboxylic acids is 1. The van der Waals surface area contributed by atoms with Crippen LogP contribution >= 0.6 is 0 Å². The third kappa shape index (κ3) is 3.81. The predicted octanol–water partition coefficient (Wildman–Crippen LogP) is 1.92. The van der Waals surface area contributed by atoms with Crippen molar-refractivity contribution in [3.63, 3.8) is 0 Å². The SMILES string of the molecule is CC1(C(=O)O)CCN(C(=O)NCCc2cnn(-c3ccccc3)c2)C1. The van der Waals surface area contributed by atoms with Gasteiger partial charge in [-0.3, -0.25) is 4.79 Å². The monoisotopic (exact) mass is 342 g/mol. The Bertz CT molecular complexity index is 759. The van der Waals surface area contributed by atoms with E-state index >= 15 is 0 Å². The van der Waals surface area contributed by atoms with E-state index in [1.54, 1.807) is 22.7 Å². The standard InChI is InChI=1S/C18H22N4O3/c1-18(16(23)24)8-10-21(13-18)17(25)19-9-7-14-11-20-22(12-14)15-5-3-2-4-6-15/h2-6,11-12H,7-10,13H2,1H3,(H,19,25)(H,23,24). The van der Waals surface area contributed by atoms with E-state index in [-0.39, 0.29) is 12.6 Å². The maximum atomic E-state index is 12.2. The normalized spacial score (nSPS) is 19.8. The van der Waals surface area contributed by atoms with Gasteiger partial charge in [-0.05, 0) is 37.5 Å². The summed E-state index contributed by atoms with van der Waals surface area (Å²) in [7, 11) is 0. The molecule has 1 saturated heterocycles. The number of aliphatic carboxylic acids is 1. The number of likely N-dealkylation sites (tertiary alicyclic amines) is 1. The molecular weight excluding hydrogens is 320 g/mol. The molecule has 2 aromatic rings. The van der Waals surface area contributed by atoms with Crippen LogP contribution in [0.5, 0.6) is 0 Å². The maximum Gasteiger partial charge on any atom is 0.317 e. The van der Waals surface area contributed by atoms with Crippen LogP contribution in [0.4, 0.5) is 4.79 Å². The average Bonchev–Trinajstić information content (AvgIpc) is 3.23. The minimum absolute atomic E-state index is 0.208. The molecule has 0 radical (unpaired) electrons. The summed E-state index contributed by atoms with van der Waals surface area (Å²) in [6, 6.07) is 9.62. The van der Waals surface area contributed by atoms with Crippen molar-refractivity contribution in [3.8, 4) is 5.69 Å². The Morgan fingerprint density at radius 2 is 2.08 bits per heavy atom. The molecule has 3 rings (SSSR count). The van der Waals surface area contributed by atoms with E-state index in [1.165, 1.54) is 0 Å². The summed E-state index contributed by atoms with van der Waals surface area (Å²) < 4.78 is 1.80. The number of aromatic nitrogens is 2. The number of urea groups is 1. The van der Waals surface area contributed by atoms with Gasteiger partial charge in [-0.15, -0.1) is 0 Å². The van der Waals surface area contributed by atoms with Gasteiger partial charge < -0.3 is 15.3 Å². The van der Waals surface area contributed by atoms with Crippen LogP contribution in [0.15, 0.2) is 42.7 Å². The number of carboxylic acid groups (broad SMARTS) is 1. The quantitative estimate of drug-likeness (QED) is 0.869. The topological polar surface area (TPSA) is 87.5 Å². The third-order valence-corrected chi connectivity index (χ3v) is 4.62. The number of nitrogens with one attached hydrogen (secondary N) is 1. The highest BCUT2D eigenvalue weighted by molar-refractivity contribution is 5.79. The van der Waals surface area contributed by atoms with E-state index in [4.69, 9.17) is 0 Å². The van der Waals surface area contributed by atoms with E-state index in [0.717, 1.165) is 11.3 Å². The zero-order valence-corrected chi connectivity index (χ0v) is 14.2. The molecule has 0 spiro atoms. The number of hydrogen-bond donors (Lipinski definition) is 2. The fourth-order valence-electron chi connectivity index (χ4n) is 2.95. The summed E-state index contributed by atoms with van der Waals surface area (Å²) in [4.78, 5) is 25.0. The highest BCUT2D eigenvalue weighted by Crippen LogP contribution is 2.29. The van der Waals surface area contributed by atoms with Gasteiger partial charge in [0.05, 0.1) is 17.3 Å². The molecule has 25 heavy (non-hydrogen) atoms. The predicted molar refractivity (Wildman–Crippen MR) is 92.6 cm³/mol. The molecule has 0 bridgehead atoms. The number of hydrogen-bond acceptors (Lipinski definition) is 3. The molecular formula is C18H22N4O3. The minimum Gasteiger partial charge on any atom is -0.481 e. The largest absolute Gasteiger partial charge is 0.481 e. The van der Waals surface area contributed by atoms with Crippen molar-refractivity contribution in [1.82, 2.24) is 20.0 Å². The Labute approximate surface area is 146 Å². The molecule has 1 aliphatic rings. The number of benzene rings is 1. The van der Waals surface area contributed by atoms with Crippen LogP contribution in [0, 0.1) is 5.41 Å². The summed E-state index contributed by atoms with van der Waals surface area (Å²) in [5.74, 6) is -0.851. The molecule has 1 atom stereocenters. The van der Waals surface area contributed by atoms with Gasteiger partial charge >= 0.3 is 12.0 Å². The first-order valence-electron chi connectivity index (χ1n) is 8.33. The molecule has 1 aromatic carbocycles. The lowest BCUT2D eigenvalue weighted by molar-refractivity contribution is -0.146. The second-order valence-corrected chi connectivity index (χ2v) is 6.65. The van der Waals surface area contributed by atoms with Gasteiger partial charge in [0.15, 0.2) is 0 Å². The number of nitrogens with zero attached hydrogens (tertiary/aromatic N) is 3. The van der Waals surface area contributed by atoms with E-state index in [1.807, 2.05) is 36.5 Å². The van der Waals surface area contributed by atoms with Crippen LogP contribution < -0.4 is 5.32 Å². The molecule has 1 aromatic heterocycles. The second kappa shape index (κ2) is 6.96. The molecule has 2 amide bonds. The van der Waals surface area contributed by atoms with Crippen molar-refractivity contribution in [2.75, 3.05) is 19.6 Å². The Kier molecular flexibility index (Phi) is 4.74. The molecule has 7 heteroatoms. The Balaban J connectivity index is 1.48. The molecule has 0 saturated carbocycles. The van der Waals surface area contributed by atoms with E-state index in [2.05, 4.69) is 10.4 Å². The lowest BCUT2D eigenvalue weighted by Crippen LogP contribution is -2.41. The van der Waals surface area contributed by atoms with Gasteiger partial charge in [0.25, 0.3) is 0 Å². The number of carbonyl (C=O) groups is 2. The highest BCUT2D eigenvalue weighted by Gasteiger charge is 2.42.